The van der Waals surface area contributed by atoms with Gasteiger partial charge < -0.3 is 5.32 Å². The summed E-state index contributed by atoms with van der Waals surface area (Å²) in [5.74, 6) is 0.839. The number of fused-ring (bicyclic) bond motifs is 1. The molecule has 0 spiro atoms. The first-order chi connectivity index (χ1) is 13.0. The van der Waals surface area contributed by atoms with Crippen LogP contribution in [0.2, 0.25) is 0 Å². The van der Waals surface area contributed by atoms with Gasteiger partial charge in [0.2, 0.25) is 5.91 Å². The van der Waals surface area contributed by atoms with Crippen LogP contribution in [0.3, 0.4) is 0 Å². The summed E-state index contributed by atoms with van der Waals surface area (Å²) in [6.45, 7) is 6.28. The average molecular weight is 388 g/mol. The Bertz CT molecular complexity index is 864. The molecule has 1 heterocycles. The standard InChI is InChI=1S/C21H29N3O2S/c1-4-15(3)24-20(26)16-10-6-8-12-18(16)23-21(24)27-13-19(25)22-17-11-7-5-9-14(17)2/h6,8,10,12,14-15,17H,4-5,7,9,11,13H2,1-3H3,(H,22,25)/t14-,15+,17-/m0/s1. The molecule has 0 aliphatic heterocycles. The van der Waals surface area contributed by atoms with Crippen LogP contribution in [-0.4, -0.2) is 27.3 Å². The summed E-state index contributed by atoms with van der Waals surface area (Å²) in [5.41, 5.74) is 0.657. The molecule has 1 aromatic heterocycles. The number of nitrogens with zero attached hydrogens (tertiary/aromatic N) is 2. The molecular formula is C21H29N3O2S. The lowest BCUT2D eigenvalue weighted by molar-refractivity contribution is -0.119. The van der Waals surface area contributed by atoms with Crippen LogP contribution >= 0.6 is 11.8 Å². The average Bonchev–Trinajstić information content (AvgIpc) is 2.68. The van der Waals surface area contributed by atoms with Crippen LogP contribution in [-0.2, 0) is 4.79 Å². The summed E-state index contributed by atoms with van der Waals surface area (Å²) in [6.07, 6.45) is 5.51. The monoisotopic (exact) mass is 387 g/mol. The van der Waals surface area contributed by atoms with Crippen molar-refractivity contribution in [3.63, 3.8) is 0 Å². The number of carbonyl (C=O) groups is 1. The molecule has 0 bridgehead atoms. The Morgan fingerprint density at radius 1 is 1.33 bits per heavy atom. The molecule has 1 amide bonds. The Hall–Kier alpha value is -1.82. The molecule has 0 saturated heterocycles. The van der Waals surface area contributed by atoms with Crippen LogP contribution in [0.1, 0.15) is 58.9 Å². The highest BCUT2D eigenvalue weighted by Crippen LogP contribution is 2.25. The third kappa shape index (κ3) is 4.54. The maximum Gasteiger partial charge on any atom is 0.262 e. The Morgan fingerprint density at radius 2 is 2.07 bits per heavy atom. The highest BCUT2D eigenvalue weighted by molar-refractivity contribution is 7.99. The largest absolute Gasteiger partial charge is 0.352 e. The van der Waals surface area contributed by atoms with Gasteiger partial charge in [-0.15, -0.1) is 0 Å². The van der Waals surface area contributed by atoms with E-state index in [2.05, 4.69) is 24.1 Å². The molecule has 0 unspecified atom stereocenters. The fraction of sp³-hybridized carbons (Fsp3) is 0.571. The van der Waals surface area contributed by atoms with Crippen molar-refractivity contribution >= 4 is 28.6 Å². The number of carbonyl (C=O) groups excluding carboxylic acids is 1. The van der Waals surface area contributed by atoms with Gasteiger partial charge >= 0.3 is 0 Å². The lowest BCUT2D eigenvalue weighted by Crippen LogP contribution is -2.42. The van der Waals surface area contributed by atoms with Gasteiger partial charge in [-0.2, -0.15) is 0 Å². The number of rotatable bonds is 6. The van der Waals surface area contributed by atoms with E-state index in [-0.39, 0.29) is 29.3 Å². The zero-order valence-electron chi connectivity index (χ0n) is 16.4. The first-order valence-electron chi connectivity index (χ1n) is 9.94. The van der Waals surface area contributed by atoms with Crippen molar-refractivity contribution < 1.29 is 4.79 Å². The highest BCUT2D eigenvalue weighted by Gasteiger charge is 2.23. The number of aromatic nitrogens is 2. The number of benzene rings is 1. The lowest BCUT2D eigenvalue weighted by Gasteiger charge is -2.29. The molecule has 1 fully saturated rings. The van der Waals surface area contributed by atoms with Gasteiger partial charge in [0.15, 0.2) is 5.16 Å². The van der Waals surface area contributed by atoms with Gasteiger partial charge in [0.25, 0.3) is 5.56 Å². The summed E-state index contributed by atoms with van der Waals surface area (Å²) in [7, 11) is 0. The van der Waals surface area contributed by atoms with Crippen molar-refractivity contribution in [2.24, 2.45) is 5.92 Å². The van der Waals surface area contributed by atoms with E-state index in [1.54, 1.807) is 4.57 Å². The Labute approximate surface area is 164 Å². The fourth-order valence-corrected chi connectivity index (χ4v) is 4.62. The quantitative estimate of drug-likeness (QED) is 0.597. The molecule has 1 aliphatic rings. The third-order valence-electron chi connectivity index (χ3n) is 5.60. The van der Waals surface area contributed by atoms with E-state index in [0.717, 1.165) is 12.8 Å². The predicted octanol–water partition coefficient (Wildman–Crippen LogP) is 4.15. The lowest BCUT2D eigenvalue weighted by atomic mass is 9.86. The number of hydrogen-bond donors (Lipinski definition) is 1. The van der Waals surface area contributed by atoms with Crippen molar-refractivity contribution in [3.8, 4) is 0 Å². The van der Waals surface area contributed by atoms with Crippen molar-refractivity contribution in [3.05, 3.63) is 34.6 Å². The summed E-state index contributed by atoms with van der Waals surface area (Å²) < 4.78 is 1.74. The van der Waals surface area contributed by atoms with Gasteiger partial charge in [0.05, 0.1) is 16.7 Å². The van der Waals surface area contributed by atoms with Gasteiger partial charge in [-0.05, 0) is 44.2 Å². The molecule has 1 aromatic carbocycles. The Kier molecular flexibility index (Phi) is 6.58. The number of thioether (sulfide) groups is 1. The van der Waals surface area contributed by atoms with Crippen molar-refractivity contribution in [2.45, 2.75) is 70.1 Å². The number of hydrogen-bond acceptors (Lipinski definition) is 4. The number of amides is 1. The van der Waals surface area contributed by atoms with Crippen LogP contribution in [0, 0.1) is 5.92 Å². The number of nitrogens with one attached hydrogen (secondary N) is 1. The molecule has 1 N–H and O–H groups in total. The normalized spacial score (nSPS) is 21.1. The number of para-hydroxylation sites is 1. The molecule has 3 rings (SSSR count). The molecular weight excluding hydrogens is 358 g/mol. The van der Waals surface area contributed by atoms with E-state index in [1.165, 1.54) is 31.0 Å². The second-order valence-electron chi connectivity index (χ2n) is 7.57. The van der Waals surface area contributed by atoms with E-state index in [1.807, 2.05) is 31.2 Å². The second kappa shape index (κ2) is 8.91. The summed E-state index contributed by atoms with van der Waals surface area (Å²) in [5, 5.41) is 4.43. The van der Waals surface area contributed by atoms with Crippen LogP contribution in [0.5, 0.6) is 0 Å². The SMILES string of the molecule is CC[C@@H](C)n1c(SCC(=O)N[C@H]2CCCC[C@@H]2C)nc2ccccc2c1=O. The fourth-order valence-electron chi connectivity index (χ4n) is 3.71. The molecule has 2 aromatic rings. The maximum atomic E-state index is 13.0. The highest BCUT2D eigenvalue weighted by atomic mass is 32.2. The van der Waals surface area contributed by atoms with Gasteiger partial charge in [0, 0.05) is 12.1 Å². The van der Waals surface area contributed by atoms with Gasteiger partial charge in [-0.3, -0.25) is 14.2 Å². The topological polar surface area (TPSA) is 64.0 Å². The van der Waals surface area contributed by atoms with Crippen molar-refractivity contribution in [1.29, 1.82) is 0 Å². The van der Waals surface area contributed by atoms with Gasteiger partial charge in [0.1, 0.15) is 0 Å². The molecule has 1 aliphatic carbocycles. The molecule has 3 atom stereocenters. The van der Waals surface area contributed by atoms with Crippen LogP contribution < -0.4 is 10.9 Å². The Balaban J connectivity index is 1.79. The summed E-state index contributed by atoms with van der Waals surface area (Å²) in [4.78, 5) is 30.1. The van der Waals surface area contributed by atoms with E-state index in [9.17, 15) is 9.59 Å². The van der Waals surface area contributed by atoms with Crippen molar-refractivity contribution in [2.75, 3.05) is 5.75 Å². The summed E-state index contributed by atoms with van der Waals surface area (Å²) >= 11 is 1.36. The molecule has 0 radical (unpaired) electrons. The maximum absolute atomic E-state index is 13.0. The van der Waals surface area contributed by atoms with Crippen LogP contribution in [0.15, 0.2) is 34.2 Å². The molecule has 6 heteroatoms. The predicted molar refractivity (Wildman–Crippen MR) is 111 cm³/mol. The van der Waals surface area contributed by atoms with Crippen LogP contribution in [0.25, 0.3) is 10.9 Å². The first kappa shape index (κ1) is 19.9. The molecule has 27 heavy (non-hydrogen) atoms. The van der Waals surface area contributed by atoms with E-state index >= 15 is 0 Å². The summed E-state index contributed by atoms with van der Waals surface area (Å²) in [6, 6.07) is 7.72. The third-order valence-corrected chi connectivity index (χ3v) is 6.55. The zero-order chi connectivity index (χ0) is 19.4. The minimum Gasteiger partial charge on any atom is -0.352 e. The zero-order valence-corrected chi connectivity index (χ0v) is 17.2. The molecule has 1 saturated carbocycles. The minimum absolute atomic E-state index is 0.0249. The smallest absolute Gasteiger partial charge is 0.262 e. The second-order valence-corrected chi connectivity index (χ2v) is 8.51. The van der Waals surface area contributed by atoms with Gasteiger partial charge in [-0.25, -0.2) is 4.98 Å². The van der Waals surface area contributed by atoms with Crippen molar-refractivity contribution in [1.82, 2.24) is 14.9 Å². The first-order valence-corrected chi connectivity index (χ1v) is 10.9. The Morgan fingerprint density at radius 3 is 2.81 bits per heavy atom. The minimum atomic E-state index is -0.0289. The molecule has 146 valence electrons. The van der Waals surface area contributed by atoms with E-state index in [0.29, 0.717) is 22.0 Å². The van der Waals surface area contributed by atoms with E-state index < -0.39 is 0 Å². The van der Waals surface area contributed by atoms with Gasteiger partial charge in [-0.1, -0.05) is 50.6 Å². The van der Waals surface area contributed by atoms with E-state index in [4.69, 9.17) is 0 Å². The van der Waals surface area contributed by atoms with Crippen LogP contribution in [0.4, 0.5) is 0 Å². The molecule has 5 nitrogen and oxygen atoms in total.